The fourth-order valence-corrected chi connectivity index (χ4v) is 2.14. The lowest BCUT2D eigenvalue weighted by Crippen LogP contribution is -2.07. The summed E-state index contributed by atoms with van der Waals surface area (Å²) in [6.07, 6.45) is 2.42. The van der Waals surface area contributed by atoms with E-state index in [0.29, 0.717) is 17.0 Å². The van der Waals surface area contributed by atoms with Crippen molar-refractivity contribution < 1.29 is 19.2 Å². The van der Waals surface area contributed by atoms with Gasteiger partial charge in [-0.3, -0.25) is 10.1 Å². The maximum Gasteiger partial charge on any atom is 0.361 e. The first-order valence-corrected chi connectivity index (χ1v) is 7.56. The third-order valence-corrected chi connectivity index (χ3v) is 3.34. The first-order valence-electron chi connectivity index (χ1n) is 7.56. The number of carbonyl (C=O) groups is 1. The molecule has 0 aliphatic carbocycles. The van der Waals surface area contributed by atoms with E-state index in [1.807, 2.05) is 0 Å². The van der Waals surface area contributed by atoms with Crippen LogP contribution in [0.1, 0.15) is 17.4 Å². The predicted octanol–water partition coefficient (Wildman–Crippen LogP) is 1.79. The minimum atomic E-state index is -0.558. The minimum absolute atomic E-state index is 0.0191. The van der Waals surface area contributed by atoms with Crippen molar-refractivity contribution in [3.63, 3.8) is 0 Å². The number of benzene rings is 1. The third-order valence-electron chi connectivity index (χ3n) is 3.34. The van der Waals surface area contributed by atoms with Crippen LogP contribution in [0.4, 0.5) is 5.69 Å². The molecule has 0 radical (unpaired) electrons. The molecule has 1 N–H and O–H groups in total. The van der Waals surface area contributed by atoms with Gasteiger partial charge >= 0.3 is 11.7 Å². The molecule has 11 heteroatoms. The summed E-state index contributed by atoms with van der Waals surface area (Å²) in [6, 6.07) is 6.77. The summed E-state index contributed by atoms with van der Waals surface area (Å²) < 4.78 is 11.8. The molecule has 0 amide bonds. The quantitative estimate of drug-likeness (QED) is 0.383. The molecule has 3 rings (SSSR count). The van der Waals surface area contributed by atoms with Gasteiger partial charge < -0.3 is 9.47 Å². The van der Waals surface area contributed by atoms with E-state index in [9.17, 15) is 14.9 Å². The van der Waals surface area contributed by atoms with Crippen LogP contribution in [0.5, 0.6) is 5.75 Å². The van der Waals surface area contributed by atoms with E-state index in [1.54, 1.807) is 31.2 Å². The van der Waals surface area contributed by atoms with Crippen LogP contribution in [0, 0.1) is 10.1 Å². The summed E-state index contributed by atoms with van der Waals surface area (Å²) >= 11 is 0. The van der Waals surface area contributed by atoms with Gasteiger partial charge in [-0.15, -0.1) is 5.10 Å². The number of esters is 1. The molecule has 0 bridgehead atoms. The molecular formula is C15H14N6O5. The second kappa shape index (κ2) is 7.42. The van der Waals surface area contributed by atoms with Crippen LogP contribution >= 0.6 is 0 Å². The Morgan fingerprint density at radius 2 is 2.08 bits per heavy atom. The normalized spacial score (nSPS) is 10.5. The molecule has 0 spiro atoms. The lowest BCUT2D eigenvalue weighted by Gasteiger charge is -2.06. The highest BCUT2D eigenvalue weighted by Gasteiger charge is 2.19. The molecule has 2 heterocycles. The molecule has 3 aromatic rings. The molecule has 2 aromatic heterocycles. The van der Waals surface area contributed by atoms with Crippen molar-refractivity contribution in [3.8, 4) is 17.0 Å². The minimum Gasteiger partial charge on any atom is -0.471 e. The summed E-state index contributed by atoms with van der Waals surface area (Å²) in [5.74, 6) is -0.0371. The maximum atomic E-state index is 11.8. The molecule has 1 aromatic carbocycles. The fourth-order valence-electron chi connectivity index (χ4n) is 2.14. The number of nitrogens with one attached hydrogen (secondary N) is 1. The largest absolute Gasteiger partial charge is 0.471 e. The van der Waals surface area contributed by atoms with E-state index in [-0.39, 0.29) is 24.7 Å². The molecule has 134 valence electrons. The van der Waals surface area contributed by atoms with Gasteiger partial charge in [0.1, 0.15) is 23.8 Å². The Hall–Kier alpha value is -3.76. The number of nitrogens with zero attached hydrogens (tertiary/aromatic N) is 5. The molecule has 11 nitrogen and oxygen atoms in total. The van der Waals surface area contributed by atoms with E-state index >= 15 is 0 Å². The number of carbonyl (C=O) groups excluding carboxylic acids is 1. The van der Waals surface area contributed by atoms with E-state index in [4.69, 9.17) is 9.47 Å². The van der Waals surface area contributed by atoms with Crippen LogP contribution < -0.4 is 4.74 Å². The SMILES string of the molecule is CCOC(=O)c1n[nH]nc1-c1ccc(OCn2cc([N+](=O)[O-])cn2)cc1. The van der Waals surface area contributed by atoms with Gasteiger partial charge in [0, 0.05) is 5.56 Å². The van der Waals surface area contributed by atoms with Gasteiger partial charge in [-0.25, -0.2) is 9.48 Å². The average molecular weight is 358 g/mol. The van der Waals surface area contributed by atoms with E-state index in [0.717, 1.165) is 6.20 Å². The number of nitro groups is 1. The number of hydrogen-bond donors (Lipinski definition) is 1. The van der Waals surface area contributed by atoms with Gasteiger partial charge in [0.25, 0.3) is 0 Å². The zero-order valence-corrected chi connectivity index (χ0v) is 13.7. The maximum absolute atomic E-state index is 11.8. The second-order valence-corrected chi connectivity index (χ2v) is 5.03. The summed E-state index contributed by atoms with van der Waals surface area (Å²) in [5.41, 5.74) is 1.02. The zero-order chi connectivity index (χ0) is 18.5. The highest BCUT2D eigenvalue weighted by atomic mass is 16.6. The molecule has 0 aliphatic rings. The number of H-pyrrole nitrogens is 1. The van der Waals surface area contributed by atoms with E-state index < -0.39 is 10.9 Å². The molecule has 0 unspecified atom stereocenters. The van der Waals surface area contributed by atoms with E-state index in [1.165, 1.54) is 10.9 Å². The Balaban J connectivity index is 1.68. The summed E-state index contributed by atoms with van der Waals surface area (Å²) in [4.78, 5) is 21.9. The van der Waals surface area contributed by atoms with E-state index in [2.05, 4.69) is 20.5 Å². The lowest BCUT2D eigenvalue weighted by atomic mass is 10.1. The Kier molecular flexibility index (Phi) is 4.87. The predicted molar refractivity (Wildman–Crippen MR) is 87.3 cm³/mol. The van der Waals surface area contributed by atoms with Crippen LogP contribution in [-0.4, -0.2) is 42.7 Å². The highest BCUT2D eigenvalue weighted by molar-refractivity contribution is 5.93. The number of aromatic amines is 1. The van der Waals surface area contributed by atoms with Crippen LogP contribution in [0.2, 0.25) is 0 Å². The molecule has 0 saturated heterocycles. The van der Waals surface area contributed by atoms with Gasteiger partial charge in [-0.2, -0.15) is 15.4 Å². The Morgan fingerprint density at radius 1 is 1.31 bits per heavy atom. The Morgan fingerprint density at radius 3 is 2.73 bits per heavy atom. The van der Waals surface area contributed by atoms with Gasteiger partial charge in [-0.1, -0.05) is 0 Å². The van der Waals surface area contributed by atoms with Crippen LogP contribution in [0.3, 0.4) is 0 Å². The first-order chi connectivity index (χ1) is 12.6. The molecule has 0 saturated carbocycles. The van der Waals surface area contributed by atoms with Crippen LogP contribution in [-0.2, 0) is 11.5 Å². The first kappa shape index (κ1) is 17.1. The summed E-state index contributed by atoms with van der Waals surface area (Å²) in [5, 5.41) is 24.7. The average Bonchev–Trinajstić information content (AvgIpc) is 3.30. The van der Waals surface area contributed by atoms with Gasteiger partial charge in [-0.05, 0) is 31.2 Å². The van der Waals surface area contributed by atoms with Gasteiger partial charge in [0.15, 0.2) is 12.4 Å². The molecule has 0 aliphatic heterocycles. The molecule has 0 atom stereocenters. The fraction of sp³-hybridized carbons (Fsp3) is 0.200. The highest BCUT2D eigenvalue weighted by Crippen LogP contribution is 2.23. The van der Waals surface area contributed by atoms with Crippen molar-refractivity contribution in [1.29, 1.82) is 0 Å². The molecule has 26 heavy (non-hydrogen) atoms. The summed E-state index contributed by atoms with van der Waals surface area (Å²) in [6.45, 7) is 1.97. The molecular weight excluding hydrogens is 344 g/mol. The van der Waals surface area contributed by atoms with Crippen molar-refractivity contribution in [3.05, 3.63) is 52.5 Å². The topological polar surface area (TPSA) is 138 Å². The standard InChI is InChI=1S/C15H14N6O5/c1-2-25-15(22)14-13(17-19-18-14)10-3-5-12(6-4-10)26-9-20-8-11(7-16-20)21(23)24/h3-8H,2,9H2,1H3,(H,17,18,19). The van der Waals surface area contributed by atoms with Crippen LogP contribution in [0.25, 0.3) is 11.3 Å². The lowest BCUT2D eigenvalue weighted by molar-refractivity contribution is -0.385. The van der Waals surface area contributed by atoms with Crippen LogP contribution in [0.15, 0.2) is 36.7 Å². The number of aromatic nitrogens is 5. The number of ether oxygens (including phenoxy) is 2. The Labute approximate surface area is 146 Å². The molecule has 0 fully saturated rings. The third kappa shape index (κ3) is 3.66. The summed E-state index contributed by atoms with van der Waals surface area (Å²) in [7, 11) is 0. The van der Waals surface area contributed by atoms with Crippen molar-refractivity contribution >= 4 is 11.7 Å². The number of hydrogen-bond acceptors (Lipinski definition) is 8. The van der Waals surface area contributed by atoms with Crippen molar-refractivity contribution in [2.24, 2.45) is 0 Å². The van der Waals surface area contributed by atoms with Crippen molar-refractivity contribution in [2.75, 3.05) is 6.61 Å². The number of rotatable bonds is 7. The van der Waals surface area contributed by atoms with Gasteiger partial charge in [0.05, 0.1) is 11.5 Å². The van der Waals surface area contributed by atoms with Gasteiger partial charge in [0.2, 0.25) is 0 Å². The Bertz CT molecular complexity index is 917. The smallest absolute Gasteiger partial charge is 0.361 e. The second-order valence-electron chi connectivity index (χ2n) is 5.03. The van der Waals surface area contributed by atoms with Crippen molar-refractivity contribution in [1.82, 2.24) is 25.2 Å². The monoisotopic (exact) mass is 358 g/mol. The zero-order valence-electron chi connectivity index (χ0n) is 13.7. The van der Waals surface area contributed by atoms with Crippen molar-refractivity contribution in [2.45, 2.75) is 13.7 Å².